The summed E-state index contributed by atoms with van der Waals surface area (Å²) in [5.74, 6) is 0. The fourth-order valence-corrected chi connectivity index (χ4v) is 2.66. The normalized spacial score (nSPS) is 11.5. The van der Waals surface area contributed by atoms with Gasteiger partial charge in [0.1, 0.15) is 0 Å². The van der Waals surface area contributed by atoms with Crippen molar-refractivity contribution in [3.8, 4) is 0 Å². The van der Waals surface area contributed by atoms with Crippen molar-refractivity contribution in [3.63, 3.8) is 0 Å². The van der Waals surface area contributed by atoms with Crippen LogP contribution in [0.4, 0.5) is 5.69 Å². The summed E-state index contributed by atoms with van der Waals surface area (Å²) in [6, 6.07) is 6.80. The molecule has 0 aromatic heterocycles. The van der Waals surface area contributed by atoms with E-state index in [2.05, 4.69) is 4.72 Å². The van der Waals surface area contributed by atoms with Gasteiger partial charge in [-0.15, -0.1) is 0 Å². The highest BCUT2D eigenvalue weighted by Gasteiger charge is 2.12. The molecule has 0 heterocycles. The number of likely N-dealkylation sites (N-methyl/N-ethyl adjacent to an activating group) is 1. The largest absolute Gasteiger partial charge is 0.373 e. The second-order valence-electron chi connectivity index (χ2n) is 4.10. The molecule has 0 atom stereocenters. The highest BCUT2D eigenvalue weighted by molar-refractivity contribution is 7.89. The molecule has 18 heavy (non-hydrogen) atoms. The molecule has 0 fully saturated rings. The van der Waals surface area contributed by atoms with E-state index in [1.165, 1.54) is 0 Å². The molecule has 0 amide bonds. The van der Waals surface area contributed by atoms with Gasteiger partial charge >= 0.3 is 0 Å². The lowest BCUT2D eigenvalue weighted by molar-refractivity contribution is 0.581. The van der Waals surface area contributed by atoms with Crippen molar-refractivity contribution in [1.82, 2.24) is 4.72 Å². The van der Waals surface area contributed by atoms with Crippen molar-refractivity contribution >= 4 is 15.7 Å². The van der Waals surface area contributed by atoms with Gasteiger partial charge in [0.25, 0.3) is 0 Å². The monoisotopic (exact) mass is 271 g/mol. The maximum absolute atomic E-state index is 11.9. The molecule has 0 unspecified atom stereocenters. The molecule has 0 saturated heterocycles. The molecular weight excluding hydrogens is 250 g/mol. The number of benzene rings is 1. The first-order chi connectivity index (χ1) is 8.51. The zero-order valence-corrected chi connectivity index (χ0v) is 11.7. The molecule has 102 valence electrons. The minimum Gasteiger partial charge on any atom is -0.373 e. The van der Waals surface area contributed by atoms with E-state index in [-0.39, 0.29) is 0 Å². The van der Waals surface area contributed by atoms with E-state index < -0.39 is 10.0 Å². The van der Waals surface area contributed by atoms with Crippen LogP contribution in [0.2, 0.25) is 0 Å². The number of hydrogen-bond acceptors (Lipinski definition) is 4. The molecule has 0 aliphatic heterocycles. The Balaban J connectivity index is 2.82. The van der Waals surface area contributed by atoms with E-state index in [1.54, 1.807) is 24.3 Å². The van der Waals surface area contributed by atoms with Gasteiger partial charge in [-0.1, -0.05) is 6.92 Å². The summed E-state index contributed by atoms with van der Waals surface area (Å²) in [5, 5.41) is 0. The highest BCUT2D eigenvalue weighted by Crippen LogP contribution is 2.16. The minimum atomic E-state index is -3.37. The standard InChI is InChI=1S/C12H21N3O2S/c1-3-9-14-18(16,17)12-6-4-11(5-7-12)15(2)10-8-13/h4-7,14H,3,8-10,13H2,1-2H3. The summed E-state index contributed by atoms with van der Waals surface area (Å²) < 4.78 is 26.2. The number of nitrogens with two attached hydrogens (primary N) is 1. The third kappa shape index (κ3) is 3.97. The molecule has 1 aromatic carbocycles. The van der Waals surface area contributed by atoms with Crippen LogP contribution in [0, 0.1) is 0 Å². The van der Waals surface area contributed by atoms with Crippen molar-refractivity contribution in [2.75, 3.05) is 31.6 Å². The second kappa shape index (κ2) is 6.72. The Labute approximate surface area is 109 Å². The van der Waals surface area contributed by atoms with Crippen molar-refractivity contribution < 1.29 is 8.42 Å². The molecule has 0 aliphatic carbocycles. The van der Waals surface area contributed by atoms with Crippen LogP contribution in [-0.4, -0.2) is 35.1 Å². The van der Waals surface area contributed by atoms with Crippen molar-refractivity contribution in [3.05, 3.63) is 24.3 Å². The Bertz CT molecular complexity index is 457. The fraction of sp³-hybridized carbons (Fsp3) is 0.500. The summed E-state index contributed by atoms with van der Waals surface area (Å²) in [6.45, 7) is 3.68. The lowest BCUT2D eigenvalue weighted by Gasteiger charge is -2.18. The second-order valence-corrected chi connectivity index (χ2v) is 5.87. The molecule has 0 aliphatic rings. The predicted octanol–water partition coefficient (Wildman–Crippen LogP) is 0.770. The van der Waals surface area contributed by atoms with Gasteiger partial charge in [-0.2, -0.15) is 0 Å². The third-order valence-corrected chi connectivity index (χ3v) is 4.07. The van der Waals surface area contributed by atoms with Crippen LogP contribution >= 0.6 is 0 Å². The average molecular weight is 271 g/mol. The SMILES string of the molecule is CCCNS(=O)(=O)c1ccc(N(C)CCN)cc1. The summed E-state index contributed by atoms with van der Waals surface area (Å²) in [7, 11) is -1.45. The van der Waals surface area contributed by atoms with Gasteiger partial charge in [0.15, 0.2) is 0 Å². The van der Waals surface area contributed by atoms with Crippen molar-refractivity contribution in [2.45, 2.75) is 18.2 Å². The first-order valence-electron chi connectivity index (χ1n) is 6.02. The van der Waals surface area contributed by atoms with E-state index in [1.807, 2.05) is 18.9 Å². The van der Waals surface area contributed by atoms with E-state index in [4.69, 9.17) is 5.73 Å². The molecule has 0 bridgehead atoms. The first-order valence-corrected chi connectivity index (χ1v) is 7.50. The summed E-state index contributed by atoms with van der Waals surface area (Å²) in [6.07, 6.45) is 0.774. The Kier molecular flexibility index (Phi) is 5.58. The van der Waals surface area contributed by atoms with Gasteiger partial charge in [-0.3, -0.25) is 0 Å². The number of sulfonamides is 1. The molecular formula is C12H21N3O2S. The van der Waals surface area contributed by atoms with E-state index in [0.29, 0.717) is 18.0 Å². The van der Waals surface area contributed by atoms with Crippen LogP contribution in [0.1, 0.15) is 13.3 Å². The van der Waals surface area contributed by atoms with Crippen LogP contribution in [0.5, 0.6) is 0 Å². The van der Waals surface area contributed by atoms with Crippen LogP contribution in [0.3, 0.4) is 0 Å². The van der Waals surface area contributed by atoms with Gasteiger partial charge in [-0.05, 0) is 30.7 Å². The quantitative estimate of drug-likeness (QED) is 0.768. The predicted molar refractivity (Wildman–Crippen MR) is 74.2 cm³/mol. The number of nitrogens with zero attached hydrogens (tertiary/aromatic N) is 1. The van der Waals surface area contributed by atoms with Gasteiger partial charge in [0.05, 0.1) is 4.90 Å². The van der Waals surface area contributed by atoms with Gasteiger partial charge in [0, 0.05) is 32.4 Å². The molecule has 1 rings (SSSR count). The number of anilines is 1. The van der Waals surface area contributed by atoms with Crippen LogP contribution in [-0.2, 0) is 10.0 Å². The van der Waals surface area contributed by atoms with Gasteiger partial charge in [0.2, 0.25) is 10.0 Å². The van der Waals surface area contributed by atoms with E-state index in [9.17, 15) is 8.42 Å². The molecule has 1 aromatic rings. The molecule has 5 nitrogen and oxygen atoms in total. The highest BCUT2D eigenvalue weighted by atomic mass is 32.2. The van der Waals surface area contributed by atoms with Crippen molar-refractivity contribution in [1.29, 1.82) is 0 Å². The molecule has 0 radical (unpaired) electrons. The number of rotatable bonds is 7. The van der Waals surface area contributed by atoms with Gasteiger partial charge < -0.3 is 10.6 Å². The Morgan fingerprint density at radius 3 is 2.39 bits per heavy atom. The topological polar surface area (TPSA) is 75.4 Å². The molecule has 6 heteroatoms. The lowest BCUT2D eigenvalue weighted by atomic mass is 10.3. The fourth-order valence-electron chi connectivity index (χ4n) is 1.52. The molecule has 0 saturated carbocycles. The first kappa shape index (κ1) is 14.9. The lowest BCUT2D eigenvalue weighted by Crippen LogP contribution is -2.26. The Morgan fingerprint density at radius 2 is 1.89 bits per heavy atom. The maximum atomic E-state index is 11.9. The van der Waals surface area contributed by atoms with Crippen LogP contribution in [0.25, 0.3) is 0 Å². The van der Waals surface area contributed by atoms with Crippen LogP contribution < -0.4 is 15.4 Å². The van der Waals surface area contributed by atoms with E-state index >= 15 is 0 Å². The zero-order valence-electron chi connectivity index (χ0n) is 10.9. The average Bonchev–Trinajstić information content (AvgIpc) is 2.37. The third-order valence-electron chi connectivity index (χ3n) is 2.59. The molecule has 3 N–H and O–H groups in total. The smallest absolute Gasteiger partial charge is 0.240 e. The molecule has 0 spiro atoms. The Hall–Kier alpha value is -1.11. The van der Waals surface area contributed by atoms with Gasteiger partial charge in [-0.25, -0.2) is 13.1 Å². The van der Waals surface area contributed by atoms with E-state index in [0.717, 1.165) is 18.7 Å². The Morgan fingerprint density at radius 1 is 1.28 bits per heavy atom. The summed E-state index contributed by atoms with van der Waals surface area (Å²) in [5.41, 5.74) is 6.43. The van der Waals surface area contributed by atoms with Crippen LogP contribution in [0.15, 0.2) is 29.2 Å². The minimum absolute atomic E-state index is 0.292. The van der Waals surface area contributed by atoms with Crippen molar-refractivity contribution in [2.24, 2.45) is 5.73 Å². The summed E-state index contributed by atoms with van der Waals surface area (Å²) in [4.78, 5) is 2.27. The number of nitrogens with one attached hydrogen (secondary N) is 1. The number of hydrogen-bond donors (Lipinski definition) is 2. The summed E-state index contributed by atoms with van der Waals surface area (Å²) >= 11 is 0. The zero-order chi connectivity index (χ0) is 13.6. The maximum Gasteiger partial charge on any atom is 0.240 e.